The summed E-state index contributed by atoms with van der Waals surface area (Å²) in [7, 11) is 1.39. The molecule has 4 nitrogen and oxygen atoms in total. The van der Waals surface area contributed by atoms with Gasteiger partial charge in [-0.25, -0.2) is 4.79 Å². The number of carbonyl (C=O) groups excluding carboxylic acids is 1. The lowest BCUT2D eigenvalue weighted by Crippen LogP contribution is -2.15. The van der Waals surface area contributed by atoms with Crippen LogP contribution in [-0.2, 0) is 4.74 Å². The molecule has 0 saturated heterocycles. The molecule has 0 bridgehead atoms. The number of benzene rings is 2. The van der Waals surface area contributed by atoms with Crippen molar-refractivity contribution in [2.75, 3.05) is 20.3 Å². The highest BCUT2D eigenvalue weighted by Gasteiger charge is 2.16. The summed E-state index contributed by atoms with van der Waals surface area (Å²) in [6.45, 7) is 3.04. The van der Waals surface area contributed by atoms with E-state index in [0.717, 1.165) is 28.2 Å². The number of rotatable bonds is 2. The number of methoxy groups -OCH3 is 1. The first-order chi connectivity index (χ1) is 10.2. The fraction of sp³-hybridized carbons (Fsp3) is 0.235. The smallest absolute Gasteiger partial charge is 0.338 e. The first kappa shape index (κ1) is 13.5. The summed E-state index contributed by atoms with van der Waals surface area (Å²) in [6, 6.07) is 11.4. The summed E-state index contributed by atoms with van der Waals surface area (Å²) >= 11 is 0. The number of fused-ring (bicyclic) bond motifs is 1. The van der Waals surface area contributed by atoms with Gasteiger partial charge in [0.15, 0.2) is 11.5 Å². The van der Waals surface area contributed by atoms with Crippen LogP contribution in [0.15, 0.2) is 36.4 Å². The molecule has 1 aliphatic rings. The van der Waals surface area contributed by atoms with E-state index in [1.54, 1.807) is 6.07 Å². The molecule has 2 aromatic carbocycles. The van der Waals surface area contributed by atoms with Gasteiger partial charge in [0, 0.05) is 0 Å². The van der Waals surface area contributed by atoms with E-state index in [1.165, 1.54) is 7.11 Å². The van der Waals surface area contributed by atoms with E-state index in [1.807, 2.05) is 37.3 Å². The van der Waals surface area contributed by atoms with Crippen LogP contribution >= 0.6 is 0 Å². The van der Waals surface area contributed by atoms with E-state index in [4.69, 9.17) is 14.2 Å². The van der Waals surface area contributed by atoms with Crippen molar-refractivity contribution in [3.05, 3.63) is 47.5 Å². The Labute approximate surface area is 123 Å². The molecule has 0 unspecified atom stereocenters. The van der Waals surface area contributed by atoms with Crippen molar-refractivity contribution >= 4 is 5.97 Å². The summed E-state index contributed by atoms with van der Waals surface area (Å²) in [4.78, 5) is 11.8. The molecule has 0 atom stereocenters. The second kappa shape index (κ2) is 5.48. The zero-order valence-corrected chi connectivity index (χ0v) is 12.0. The normalized spacial score (nSPS) is 12.9. The van der Waals surface area contributed by atoms with Crippen LogP contribution in [0.4, 0.5) is 0 Å². The quantitative estimate of drug-likeness (QED) is 0.794. The van der Waals surface area contributed by atoms with E-state index in [2.05, 4.69) is 0 Å². The zero-order chi connectivity index (χ0) is 14.8. The number of hydrogen-bond acceptors (Lipinski definition) is 4. The highest BCUT2D eigenvalue weighted by atomic mass is 16.6. The molecule has 0 amide bonds. The molecule has 2 aromatic rings. The average molecular weight is 284 g/mol. The molecule has 0 N–H and O–H groups in total. The van der Waals surface area contributed by atoms with Crippen LogP contribution in [0.25, 0.3) is 11.1 Å². The maximum absolute atomic E-state index is 11.8. The minimum Gasteiger partial charge on any atom is -0.486 e. The second-order valence-electron chi connectivity index (χ2n) is 4.83. The first-order valence-corrected chi connectivity index (χ1v) is 6.78. The van der Waals surface area contributed by atoms with Crippen molar-refractivity contribution in [1.29, 1.82) is 0 Å². The van der Waals surface area contributed by atoms with Gasteiger partial charge in [-0.15, -0.1) is 0 Å². The van der Waals surface area contributed by atoms with E-state index in [0.29, 0.717) is 18.8 Å². The highest BCUT2D eigenvalue weighted by Crippen LogP contribution is 2.36. The molecule has 1 heterocycles. The predicted octanol–water partition coefficient (Wildman–Crippen LogP) is 3.22. The van der Waals surface area contributed by atoms with Gasteiger partial charge in [-0.2, -0.15) is 0 Å². The van der Waals surface area contributed by atoms with Crippen LogP contribution < -0.4 is 9.47 Å². The summed E-state index contributed by atoms with van der Waals surface area (Å²) in [6.07, 6.45) is 0. The average Bonchev–Trinajstić information content (AvgIpc) is 2.54. The van der Waals surface area contributed by atoms with E-state index in [9.17, 15) is 4.79 Å². The number of carbonyl (C=O) groups is 1. The lowest BCUT2D eigenvalue weighted by Gasteiger charge is -2.19. The Balaban J connectivity index is 2.06. The topological polar surface area (TPSA) is 44.8 Å². The Kier molecular flexibility index (Phi) is 3.52. The molecule has 0 spiro atoms. The van der Waals surface area contributed by atoms with Crippen LogP contribution in [0.5, 0.6) is 11.5 Å². The van der Waals surface area contributed by atoms with Gasteiger partial charge in [0.1, 0.15) is 13.2 Å². The maximum atomic E-state index is 11.8. The Bertz CT molecular complexity index is 691. The lowest BCUT2D eigenvalue weighted by atomic mass is 9.96. The molecule has 4 heteroatoms. The third-order valence-electron chi connectivity index (χ3n) is 3.59. The number of esters is 1. The molecular formula is C17H16O4. The summed E-state index contributed by atoms with van der Waals surface area (Å²) < 4.78 is 15.9. The molecule has 0 fully saturated rings. The van der Waals surface area contributed by atoms with Crippen molar-refractivity contribution in [2.45, 2.75) is 6.92 Å². The second-order valence-corrected chi connectivity index (χ2v) is 4.83. The van der Waals surface area contributed by atoms with Crippen LogP contribution in [-0.4, -0.2) is 26.3 Å². The fourth-order valence-electron chi connectivity index (χ4n) is 2.49. The molecule has 0 radical (unpaired) electrons. The summed E-state index contributed by atoms with van der Waals surface area (Å²) in [5.74, 6) is 1.17. The van der Waals surface area contributed by atoms with E-state index in [-0.39, 0.29) is 5.97 Å². The SMILES string of the molecule is COC(=O)c1cccc(-c2ccc3c(c2)OCCO3)c1C. The Morgan fingerprint density at radius 1 is 1.10 bits per heavy atom. The van der Waals surface area contributed by atoms with Gasteiger partial charge in [0.2, 0.25) is 0 Å². The fourth-order valence-corrected chi connectivity index (χ4v) is 2.49. The van der Waals surface area contributed by atoms with Crippen LogP contribution in [0.2, 0.25) is 0 Å². The van der Waals surface area contributed by atoms with E-state index < -0.39 is 0 Å². The minimum atomic E-state index is -0.327. The summed E-state index contributed by atoms with van der Waals surface area (Å²) in [5.41, 5.74) is 3.43. The molecular weight excluding hydrogens is 268 g/mol. The molecule has 1 aliphatic heterocycles. The van der Waals surface area contributed by atoms with Crippen molar-refractivity contribution in [1.82, 2.24) is 0 Å². The maximum Gasteiger partial charge on any atom is 0.338 e. The largest absolute Gasteiger partial charge is 0.486 e. The monoisotopic (exact) mass is 284 g/mol. The molecule has 0 saturated carbocycles. The lowest BCUT2D eigenvalue weighted by molar-refractivity contribution is 0.0600. The molecule has 3 rings (SSSR count). The molecule has 0 aromatic heterocycles. The Hall–Kier alpha value is -2.49. The van der Waals surface area contributed by atoms with Gasteiger partial charge >= 0.3 is 5.97 Å². The third kappa shape index (κ3) is 2.44. The zero-order valence-electron chi connectivity index (χ0n) is 12.0. The summed E-state index contributed by atoms with van der Waals surface area (Å²) in [5, 5.41) is 0. The van der Waals surface area contributed by atoms with Gasteiger partial charge in [-0.1, -0.05) is 18.2 Å². The van der Waals surface area contributed by atoms with Crippen molar-refractivity contribution in [3.8, 4) is 22.6 Å². The van der Waals surface area contributed by atoms with Gasteiger partial charge in [-0.05, 0) is 41.8 Å². The molecule has 0 aliphatic carbocycles. The van der Waals surface area contributed by atoms with Crippen molar-refractivity contribution in [2.24, 2.45) is 0 Å². The van der Waals surface area contributed by atoms with Gasteiger partial charge in [0.25, 0.3) is 0 Å². The van der Waals surface area contributed by atoms with Gasteiger partial charge < -0.3 is 14.2 Å². The Morgan fingerprint density at radius 3 is 2.62 bits per heavy atom. The number of ether oxygens (including phenoxy) is 3. The van der Waals surface area contributed by atoms with Crippen molar-refractivity contribution in [3.63, 3.8) is 0 Å². The van der Waals surface area contributed by atoms with Crippen LogP contribution in [0.1, 0.15) is 15.9 Å². The predicted molar refractivity (Wildman–Crippen MR) is 78.9 cm³/mol. The molecule has 108 valence electrons. The van der Waals surface area contributed by atoms with Gasteiger partial charge in [-0.3, -0.25) is 0 Å². The third-order valence-corrected chi connectivity index (χ3v) is 3.59. The van der Waals surface area contributed by atoms with Gasteiger partial charge in [0.05, 0.1) is 12.7 Å². The number of hydrogen-bond donors (Lipinski definition) is 0. The minimum absolute atomic E-state index is 0.327. The van der Waals surface area contributed by atoms with Crippen LogP contribution in [0.3, 0.4) is 0 Å². The first-order valence-electron chi connectivity index (χ1n) is 6.78. The molecule has 21 heavy (non-hydrogen) atoms. The van der Waals surface area contributed by atoms with E-state index >= 15 is 0 Å². The van der Waals surface area contributed by atoms with Crippen LogP contribution in [0, 0.1) is 6.92 Å². The Morgan fingerprint density at radius 2 is 1.86 bits per heavy atom. The standard InChI is InChI=1S/C17H16O4/c1-11-13(4-3-5-14(11)17(18)19-2)12-6-7-15-16(10-12)21-9-8-20-15/h3-7,10H,8-9H2,1-2H3. The highest BCUT2D eigenvalue weighted by molar-refractivity contribution is 5.93. The van der Waals surface area contributed by atoms with Crippen molar-refractivity contribution < 1.29 is 19.0 Å².